The number of likely N-dealkylation sites (N-methyl/N-ethyl adjacent to an activating group) is 1. The summed E-state index contributed by atoms with van der Waals surface area (Å²) in [5.41, 5.74) is 1.95. The normalized spacial score (nSPS) is 19.0. The molecule has 21 heavy (non-hydrogen) atoms. The second kappa shape index (κ2) is 6.75. The third-order valence-electron chi connectivity index (χ3n) is 4.48. The predicted molar refractivity (Wildman–Crippen MR) is 87.3 cm³/mol. The number of nitrogens with zero attached hydrogens (tertiary/aromatic N) is 2. The van der Waals surface area contributed by atoms with E-state index in [1.807, 2.05) is 12.1 Å². The van der Waals surface area contributed by atoms with Gasteiger partial charge in [0.1, 0.15) is 5.82 Å². The van der Waals surface area contributed by atoms with Gasteiger partial charge in [-0.2, -0.15) is 0 Å². The first-order valence-corrected chi connectivity index (χ1v) is 7.90. The number of rotatable bonds is 5. The molecule has 1 heterocycles. The third kappa shape index (κ3) is 3.74. The maximum atomic E-state index is 14.2. The molecule has 0 saturated carbocycles. The van der Waals surface area contributed by atoms with Gasteiger partial charge in [0.25, 0.3) is 0 Å². The molecule has 0 amide bonds. The summed E-state index contributed by atoms with van der Waals surface area (Å²) < 4.78 is 14.2. The molecule has 4 heteroatoms. The van der Waals surface area contributed by atoms with Crippen LogP contribution >= 0.6 is 0 Å². The first-order valence-electron chi connectivity index (χ1n) is 7.90. The quantitative estimate of drug-likeness (QED) is 0.842. The summed E-state index contributed by atoms with van der Waals surface area (Å²) in [4.78, 5) is 4.70. The lowest BCUT2D eigenvalue weighted by molar-refractivity contribution is 0.138. The highest BCUT2D eigenvalue weighted by Gasteiger charge is 2.32. The van der Waals surface area contributed by atoms with Crippen molar-refractivity contribution in [3.63, 3.8) is 0 Å². The minimum absolute atomic E-state index is 0.104. The van der Waals surface area contributed by atoms with E-state index in [1.54, 1.807) is 6.07 Å². The number of hydrogen-bond donors (Lipinski definition) is 1. The van der Waals surface area contributed by atoms with E-state index in [4.69, 9.17) is 0 Å². The van der Waals surface area contributed by atoms with Gasteiger partial charge in [-0.15, -0.1) is 0 Å². The average molecular weight is 293 g/mol. The monoisotopic (exact) mass is 293 g/mol. The van der Waals surface area contributed by atoms with E-state index < -0.39 is 0 Å². The van der Waals surface area contributed by atoms with Gasteiger partial charge in [0.15, 0.2) is 0 Å². The van der Waals surface area contributed by atoms with Gasteiger partial charge in [0.05, 0.1) is 0 Å². The smallest absolute Gasteiger partial charge is 0.129 e. The summed E-state index contributed by atoms with van der Waals surface area (Å²) >= 11 is 0. The van der Waals surface area contributed by atoms with Gasteiger partial charge < -0.3 is 10.2 Å². The van der Waals surface area contributed by atoms with E-state index in [-0.39, 0.29) is 11.4 Å². The van der Waals surface area contributed by atoms with Gasteiger partial charge in [0, 0.05) is 43.0 Å². The number of piperazine rings is 1. The molecule has 2 rings (SSSR count). The Bertz CT molecular complexity index is 473. The van der Waals surface area contributed by atoms with E-state index in [1.165, 1.54) is 0 Å². The highest BCUT2D eigenvalue weighted by molar-refractivity contribution is 5.55. The van der Waals surface area contributed by atoms with Crippen molar-refractivity contribution >= 4 is 5.69 Å². The average Bonchev–Trinajstić information content (AvgIpc) is 2.44. The summed E-state index contributed by atoms with van der Waals surface area (Å²) in [7, 11) is 2.16. The summed E-state index contributed by atoms with van der Waals surface area (Å²) in [6.07, 6.45) is 1.06. The second-order valence-corrected chi connectivity index (χ2v) is 6.57. The zero-order valence-electron chi connectivity index (χ0n) is 13.7. The van der Waals surface area contributed by atoms with Crippen molar-refractivity contribution in [3.8, 4) is 0 Å². The van der Waals surface area contributed by atoms with Gasteiger partial charge >= 0.3 is 0 Å². The number of benzene rings is 1. The molecule has 0 unspecified atom stereocenters. The van der Waals surface area contributed by atoms with Gasteiger partial charge in [-0.3, -0.25) is 4.90 Å². The van der Waals surface area contributed by atoms with Crippen LogP contribution in [0.4, 0.5) is 10.1 Å². The van der Waals surface area contributed by atoms with Gasteiger partial charge in [-0.25, -0.2) is 4.39 Å². The molecule has 0 aliphatic carbocycles. The zero-order valence-corrected chi connectivity index (χ0v) is 13.7. The molecule has 1 aliphatic heterocycles. The van der Waals surface area contributed by atoms with Crippen molar-refractivity contribution in [3.05, 3.63) is 29.6 Å². The molecule has 1 aliphatic rings. The van der Waals surface area contributed by atoms with E-state index in [0.29, 0.717) is 6.54 Å². The first kappa shape index (κ1) is 16.2. The summed E-state index contributed by atoms with van der Waals surface area (Å²) in [5.74, 6) is -0.104. The third-order valence-corrected chi connectivity index (χ3v) is 4.48. The Labute approximate surface area is 128 Å². The van der Waals surface area contributed by atoms with Gasteiger partial charge in [-0.05, 0) is 46.0 Å². The zero-order chi connectivity index (χ0) is 15.5. The van der Waals surface area contributed by atoms with Crippen LogP contribution in [0.5, 0.6) is 0 Å². The second-order valence-electron chi connectivity index (χ2n) is 6.57. The van der Waals surface area contributed by atoms with Crippen molar-refractivity contribution in [2.24, 2.45) is 0 Å². The molecule has 1 saturated heterocycles. The standard InChI is InChI=1S/C17H28FN3/c1-5-9-19-12-14-15(18)7-6-8-16(14)21-11-10-20(4)17(2,3)13-21/h6-8,19H,5,9-13H2,1-4H3. The van der Waals surface area contributed by atoms with Gasteiger partial charge in [-0.1, -0.05) is 13.0 Å². The van der Waals surface area contributed by atoms with Crippen LogP contribution in [0.15, 0.2) is 18.2 Å². The predicted octanol–water partition coefficient (Wildman–Crippen LogP) is 2.86. The van der Waals surface area contributed by atoms with Crippen molar-refractivity contribution in [1.82, 2.24) is 10.2 Å². The van der Waals surface area contributed by atoms with E-state index >= 15 is 0 Å². The van der Waals surface area contributed by atoms with Crippen LogP contribution in [0.1, 0.15) is 32.8 Å². The van der Waals surface area contributed by atoms with E-state index in [9.17, 15) is 4.39 Å². The van der Waals surface area contributed by atoms with Crippen LogP contribution in [0.2, 0.25) is 0 Å². The molecular weight excluding hydrogens is 265 g/mol. The Morgan fingerprint density at radius 2 is 2.05 bits per heavy atom. The molecule has 1 aromatic carbocycles. The molecule has 0 aromatic heterocycles. The van der Waals surface area contributed by atoms with E-state index in [0.717, 1.165) is 43.9 Å². The lowest BCUT2D eigenvalue weighted by atomic mass is 9.98. The summed E-state index contributed by atoms with van der Waals surface area (Å²) in [6.45, 7) is 11.0. The van der Waals surface area contributed by atoms with Crippen molar-refractivity contribution < 1.29 is 4.39 Å². The van der Waals surface area contributed by atoms with Crippen LogP contribution < -0.4 is 10.2 Å². The molecule has 0 atom stereocenters. The highest BCUT2D eigenvalue weighted by atomic mass is 19.1. The maximum Gasteiger partial charge on any atom is 0.129 e. The lowest BCUT2D eigenvalue weighted by Crippen LogP contribution is -2.58. The Morgan fingerprint density at radius 3 is 2.71 bits per heavy atom. The van der Waals surface area contributed by atoms with Gasteiger partial charge in [0.2, 0.25) is 0 Å². The first-order chi connectivity index (χ1) is 9.95. The van der Waals surface area contributed by atoms with Crippen molar-refractivity contribution in [1.29, 1.82) is 0 Å². The number of hydrogen-bond acceptors (Lipinski definition) is 3. The van der Waals surface area contributed by atoms with E-state index in [2.05, 4.69) is 42.9 Å². The molecule has 0 radical (unpaired) electrons. The molecular formula is C17H28FN3. The molecule has 1 fully saturated rings. The summed E-state index contributed by atoms with van der Waals surface area (Å²) in [5, 5.41) is 3.32. The van der Waals surface area contributed by atoms with Crippen LogP contribution in [-0.4, -0.2) is 43.7 Å². The number of halogens is 1. The van der Waals surface area contributed by atoms with Crippen molar-refractivity contribution in [2.45, 2.75) is 39.3 Å². The van der Waals surface area contributed by atoms with Crippen LogP contribution in [0.25, 0.3) is 0 Å². The van der Waals surface area contributed by atoms with Crippen LogP contribution in [0.3, 0.4) is 0 Å². The fourth-order valence-corrected chi connectivity index (χ4v) is 2.85. The summed E-state index contributed by atoms with van der Waals surface area (Å²) in [6, 6.07) is 5.43. The lowest BCUT2D eigenvalue weighted by Gasteiger charge is -2.46. The SMILES string of the molecule is CCCNCc1c(F)cccc1N1CCN(C)C(C)(C)C1. The Morgan fingerprint density at radius 1 is 1.29 bits per heavy atom. The number of nitrogens with one attached hydrogen (secondary N) is 1. The molecule has 118 valence electrons. The Kier molecular flexibility index (Phi) is 5.22. The minimum Gasteiger partial charge on any atom is -0.368 e. The minimum atomic E-state index is -0.104. The van der Waals surface area contributed by atoms with Crippen LogP contribution in [-0.2, 0) is 6.54 Å². The topological polar surface area (TPSA) is 18.5 Å². The Hall–Kier alpha value is -1.13. The molecule has 0 bridgehead atoms. The molecule has 1 aromatic rings. The molecule has 0 spiro atoms. The van der Waals surface area contributed by atoms with Crippen LogP contribution in [0, 0.1) is 5.82 Å². The fourth-order valence-electron chi connectivity index (χ4n) is 2.85. The highest BCUT2D eigenvalue weighted by Crippen LogP contribution is 2.28. The number of anilines is 1. The van der Waals surface area contributed by atoms with Crippen molar-refractivity contribution in [2.75, 3.05) is 38.1 Å². The molecule has 1 N–H and O–H groups in total. The Balaban J connectivity index is 2.21. The largest absolute Gasteiger partial charge is 0.368 e. The fraction of sp³-hybridized carbons (Fsp3) is 0.647. The molecule has 3 nitrogen and oxygen atoms in total. The maximum absolute atomic E-state index is 14.2.